The number of aliphatic hydroxyl groups excluding tert-OH is 1. The van der Waals surface area contributed by atoms with Gasteiger partial charge < -0.3 is 9.84 Å². The first-order chi connectivity index (χ1) is 5.38. The van der Waals surface area contributed by atoms with Crippen molar-refractivity contribution in [3.63, 3.8) is 0 Å². The Labute approximate surface area is 66.3 Å². The molecule has 62 valence electrons. The highest BCUT2D eigenvalue weighted by atomic mass is 16.5. The second kappa shape index (κ2) is 2.59. The molecule has 0 aromatic carbocycles. The van der Waals surface area contributed by atoms with Crippen molar-refractivity contribution in [3.8, 4) is 0 Å². The molecule has 0 aromatic heterocycles. The summed E-state index contributed by atoms with van der Waals surface area (Å²) < 4.78 is 5.23. The summed E-state index contributed by atoms with van der Waals surface area (Å²) in [5.41, 5.74) is 0. The van der Waals surface area contributed by atoms with E-state index in [1.807, 2.05) is 0 Å². The minimum Gasteiger partial charge on any atom is -0.395 e. The summed E-state index contributed by atoms with van der Waals surface area (Å²) >= 11 is 0. The van der Waals surface area contributed by atoms with Crippen LogP contribution in [0.25, 0.3) is 0 Å². The number of methoxy groups -OCH3 is 1. The van der Waals surface area contributed by atoms with E-state index in [1.165, 1.54) is 0 Å². The lowest BCUT2D eigenvalue weighted by Gasteiger charge is -2.09. The molecule has 1 heterocycles. The monoisotopic (exact) mass is 155 g/mol. The molecule has 0 saturated carbocycles. The number of hydrogen-bond donors (Lipinski definition) is 1. The van der Waals surface area contributed by atoms with Crippen LogP contribution in [0.15, 0.2) is 12.2 Å². The van der Waals surface area contributed by atoms with Crippen molar-refractivity contribution in [3.05, 3.63) is 12.2 Å². The quantitative estimate of drug-likeness (QED) is 0.445. The van der Waals surface area contributed by atoms with Crippen molar-refractivity contribution in [1.29, 1.82) is 0 Å². The van der Waals surface area contributed by atoms with E-state index in [4.69, 9.17) is 9.84 Å². The van der Waals surface area contributed by atoms with Crippen molar-refractivity contribution < 1.29 is 9.84 Å². The molecule has 1 aliphatic heterocycles. The molecule has 2 rings (SSSR count). The fourth-order valence-electron chi connectivity index (χ4n) is 1.89. The van der Waals surface area contributed by atoms with Crippen LogP contribution in [0.4, 0.5) is 0 Å². The van der Waals surface area contributed by atoms with Crippen LogP contribution in [0.1, 0.15) is 0 Å². The molecule has 1 N–H and O–H groups in total. The van der Waals surface area contributed by atoms with Gasteiger partial charge in [0.1, 0.15) is 0 Å². The van der Waals surface area contributed by atoms with E-state index >= 15 is 0 Å². The molecule has 0 radical (unpaired) electrons. The van der Waals surface area contributed by atoms with Gasteiger partial charge in [-0.3, -0.25) is 4.90 Å². The second-order valence-electron chi connectivity index (χ2n) is 3.03. The Balaban J connectivity index is 1.91. The van der Waals surface area contributed by atoms with E-state index < -0.39 is 0 Å². The Kier molecular flexibility index (Phi) is 1.71. The molecule has 3 heteroatoms. The van der Waals surface area contributed by atoms with Gasteiger partial charge in [-0.2, -0.15) is 0 Å². The summed E-state index contributed by atoms with van der Waals surface area (Å²) in [4.78, 5) is 2.24. The van der Waals surface area contributed by atoms with Gasteiger partial charge in [0, 0.05) is 19.7 Å². The van der Waals surface area contributed by atoms with Gasteiger partial charge in [0.25, 0.3) is 0 Å². The van der Waals surface area contributed by atoms with Gasteiger partial charge in [0.15, 0.2) is 0 Å². The first kappa shape index (κ1) is 7.28. The first-order valence-electron chi connectivity index (χ1n) is 3.96. The van der Waals surface area contributed by atoms with E-state index in [1.54, 1.807) is 7.11 Å². The molecular weight excluding hydrogens is 142 g/mol. The second-order valence-corrected chi connectivity index (χ2v) is 3.03. The maximum atomic E-state index is 8.68. The molecule has 1 saturated heterocycles. The van der Waals surface area contributed by atoms with E-state index in [-0.39, 0.29) is 12.7 Å². The SMILES string of the molecule is CO[C@@H]1C=C[C@@H]2[C@H]1N2CCO. The number of ether oxygens (including phenoxy) is 1. The fourth-order valence-corrected chi connectivity index (χ4v) is 1.89. The largest absolute Gasteiger partial charge is 0.395 e. The summed E-state index contributed by atoms with van der Waals surface area (Å²) in [5.74, 6) is 0. The normalized spacial score (nSPS) is 46.0. The summed E-state index contributed by atoms with van der Waals surface area (Å²) in [6.07, 6.45) is 4.52. The van der Waals surface area contributed by atoms with Gasteiger partial charge in [-0.05, 0) is 0 Å². The molecule has 0 bridgehead atoms. The molecule has 1 fully saturated rings. The Bertz CT molecular complexity index is 181. The van der Waals surface area contributed by atoms with Crippen LogP contribution < -0.4 is 0 Å². The average Bonchev–Trinajstić information content (AvgIpc) is 2.57. The zero-order valence-electron chi connectivity index (χ0n) is 6.60. The third-order valence-corrected chi connectivity index (χ3v) is 2.49. The molecule has 0 amide bonds. The minimum atomic E-state index is 0.247. The van der Waals surface area contributed by atoms with Crippen LogP contribution >= 0.6 is 0 Å². The van der Waals surface area contributed by atoms with Gasteiger partial charge in [0.2, 0.25) is 0 Å². The molecule has 11 heavy (non-hydrogen) atoms. The molecule has 3 nitrogen and oxygen atoms in total. The van der Waals surface area contributed by atoms with Crippen LogP contribution in [-0.2, 0) is 4.74 Å². The van der Waals surface area contributed by atoms with Crippen LogP contribution in [-0.4, -0.2) is 48.5 Å². The van der Waals surface area contributed by atoms with Gasteiger partial charge in [-0.1, -0.05) is 12.2 Å². The number of aliphatic hydroxyl groups is 1. The summed E-state index contributed by atoms with van der Waals surface area (Å²) in [6, 6.07) is 1.07. The van der Waals surface area contributed by atoms with Crippen LogP contribution in [0.5, 0.6) is 0 Å². The zero-order chi connectivity index (χ0) is 7.84. The van der Waals surface area contributed by atoms with E-state index in [2.05, 4.69) is 17.1 Å². The smallest absolute Gasteiger partial charge is 0.0926 e. The number of fused-ring (bicyclic) bond motifs is 1. The maximum Gasteiger partial charge on any atom is 0.0926 e. The predicted octanol–water partition coefficient (Wildman–Crippen LogP) is -0.384. The lowest BCUT2D eigenvalue weighted by Crippen LogP contribution is -2.20. The Hall–Kier alpha value is -0.380. The third-order valence-electron chi connectivity index (χ3n) is 2.49. The number of nitrogens with zero attached hydrogens (tertiary/aromatic N) is 1. The minimum absolute atomic E-state index is 0.247. The van der Waals surface area contributed by atoms with Gasteiger partial charge >= 0.3 is 0 Å². The Morgan fingerprint density at radius 3 is 3.00 bits per heavy atom. The van der Waals surface area contributed by atoms with Gasteiger partial charge in [-0.15, -0.1) is 0 Å². The highest BCUT2D eigenvalue weighted by Crippen LogP contribution is 2.38. The predicted molar refractivity (Wildman–Crippen MR) is 41.3 cm³/mol. The van der Waals surface area contributed by atoms with E-state index in [0.29, 0.717) is 12.1 Å². The molecule has 1 unspecified atom stereocenters. The standard InChI is InChI=1S/C8H13NO2/c1-11-7-3-2-6-8(7)9(6)4-5-10/h2-3,6-8,10H,4-5H2,1H3/t6-,7-,8-,9?/m1/s1. The topological polar surface area (TPSA) is 32.5 Å². The Morgan fingerprint density at radius 1 is 1.55 bits per heavy atom. The molecule has 0 aromatic rings. The van der Waals surface area contributed by atoms with Crippen LogP contribution in [0.3, 0.4) is 0 Å². The van der Waals surface area contributed by atoms with Crippen LogP contribution in [0.2, 0.25) is 0 Å². The molecule has 1 aliphatic carbocycles. The van der Waals surface area contributed by atoms with Crippen molar-refractivity contribution >= 4 is 0 Å². The van der Waals surface area contributed by atoms with Crippen LogP contribution in [0, 0.1) is 0 Å². The van der Waals surface area contributed by atoms with Crippen molar-refractivity contribution in [2.24, 2.45) is 0 Å². The number of hydrogen-bond acceptors (Lipinski definition) is 3. The highest BCUT2D eigenvalue weighted by Gasteiger charge is 2.52. The first-order valence-corrected chi connectivity index (χ1v) is 3.96. The molecule has 4 atom stereocenters. The molecule has 0 spiro atoms. The van der Waals surface area contributed by atoms with Gasteiger partial charge in [-0.25, -0.2) is 0 Å². The van der Waals surface area contributed by atoms with E-state index in [0.717, 1.165) is 6.54 Å². The van der Waals surface area contributed by atoms with Crippen molar-refractivity contribution in [2.45, 2.75) is 18.2 Å². The summed E-state index contributed by atoms with van der Waals surface area (Å²) in [6.45, 7) is 1.02. The molecular formula is C8H13NO2. The van der Waals surface area contributed by atoms with Gasteiger partial charge in [0.05, 0.1) is 18.8 Å². The lowest BCUT2D eigenvalue weighted by molar-refractivity contribution is 0.125. The fraction of sp³-hybridized carbons (Fsp3) is 0.750. The molecule has 2 aliphatic rings. The summed E-state index contributed by atoms with van der Waals surface area (Å²) in [5, 5.41) is 8.68. The maximum absolute atomic E-state index is 8.68. The zero-order valence-corrected chi connectivity index (χ0v) is 6.60. The van der Waals surface area contributed by atoms with Crippen molar-refractivity contribution in [1.82, 2.24) is 4.90 Å². The van der Waals surface area contributed by atoms with E-state index in [9.17, 15) is 0 Å². The lowest BCUT2D eigenvalue weighted by atomic mass is 10.3. The average molecular weight is 155 g/mol. The summed E-state index contributed by atoms with van der Waals surface area (Å²) in [7, 11) is 1.73. The number of rotatable bonds is 3. The third kappa shape index (κ3) is 1.00. The van der Waals surface area contributed by atoms with Crippen molar-refractivity contribution in [2.75, 3.05) is 20.3 Å². The highest BCUT2D eigenvalue weighted by molar-refractivity contribution is 5.27. The Morgan fingerprint density at radius 2 is 2.36 bits per heavy atom. The number of β-amino-alcohol motifs (C(OH)–C–C–N with tert-alkyl or cyclic N) is 1.